The first-order valence-electron chi connectivity index (χ1n) is 12.1. The maximum atomic E-state index is 13.9. The Labute approximate surface area is 198 Å². The fourth-order valence-electron chi connectivity index (χ4n) is 5.30. The van der Waals surface area contributed by atoms with Gasteiger partial charge in [0.15, 0.2) is 0 Å². The first kappa shape index (κ1) is 22.5. The largest absolute Gasteiger partial charge is 0.459 e. The van der Waals surface area contributed by atoms with Crippen LogP contribution in [0.1, 0.15) is 80.0 Å². The summed E-state index contributed by atoms with van der Waals surface area (Å²) in [6.45, 7) is 5.92. The Hall–Kier alpha value is -3.28. The van der Waals surface area contributed by atoms with E-state index in [0.29, 0.717) is 17.4 Å². The van der Waals surface area contributed by atoms with Crippen molar-refractivity contribution < 1.29 is 13.9 Å². The van der Waals surface area contributed by atoms with Crippen molar-refractivity contribution in [1.82, 2.24) is 15.0 Å². The van der Waals surface area contributed by atoms with E-state index in [0.717, 1.165) is 53.4 Å². The van der Waals surface area contributed by atoms with Crippen LogP contribution < -0.4 is 0 Å². The molecule has 1 unspecified atom stereocenters. The molecule has 1 aliphatic carbocycles. The molecule has 34 heavy (non-hydrogen) atoms. The number of aromatic amines is 1. The molecule has 6 heteroatoms. The lowest BCUT2D eigenvalue weighted by Crippen LogP contribution is -2.19. The van der Waals surface area contributed by atoms with E-state index < -0.39 is 0 Å². The van der Waals surface area contributed by atoms with Gasteiger partial charge in [-0.2, -0.15) is 0 Å². The van der Waals surface area contributed by atoms with Crippen molar-refractivity contribution in [1.29, 1.82) is 0 Å². The van der Waals surface area contributed by atoms with Gasteiger partial charge in [0.2, 0.25) is 0 Å². The fourth-order valence-corrected chi connectivity index (χ4v) is 5.30. The van der Waals surface area contributed by atoms with E-state index in [1.54, 1.807) is 18.2 Å². The number of carbonyl (C=O) groups excluding carboxylic acids is 1. The van der Waals surface area contributed by atoms with Crippen LogP contribution in [0.15, 0.2) is 48.7 Å². The van der Waals surface area contributed by atoms with Crippen LogP contribution in [0, 0.1) is 11.7 Å². The van der Waals surface area contributed by atoms with Crippen molar-refractivity contribution in [2.75, 3.05) is 0 Å². The molecule has 1 aliphatic rings. The second-order valence-electron chi connectivity index (χ2n) is 9.77. The van der Waals surface area contributed by atoms with E-state index in [2.05, 4.69) is 23.0 Å². The van der Waals surface area contributed by atoms with Gasteiger partial charge in [0.1, 0.15) is 11.6 Å². The maximum absolute atomic E-state index is 13.9. The summed E-state index contributed by atoms with van der Waals surface area (Å²) < 4.78 is 19.2. The van der Waals surface area contributed by atoms with Crippen molar-refractivity contribution in [2.45, 2.75) is 64.4 Å². The lowest BCUT2D eigenvalue weighted by Gasteiger charge is -2.32. The summed E-state index contributed by atoms with van der Waals surface area (Å²) in [4.78, 5) is 24.9. The number of aromatic nitrogens is 3. The van der Waals surface area contributed by atoms with Crippen LogP contribution in [0.25, 0.3) is 21.9 Å². The molecule has 5 rings (SSSR count). The molecular formula is C28H30FN3O2. The molecular weight excluding hydrogens is 429 g/mol. The third-order valence-electron chi connectivity index (χ3n) is 7.17. The van der Waals surface area contributed by atoms with Crippen molar-refractivity contribution in [3.8, 4) is 0 Å². The zero-order valence-corrected chi connectivity index (χ0v) is 19.8. The summed E-state index contributed by atoms with van der Waals surface area (Å²) in [6.07, 6.45) is 6.00. The van der Waals surface area contributed by atoms with Crippen LogP contribution in [-0.2, 0) is 4.74 Å². The maximum Gasteiger partial charge on any atom is 0.338 e. The average Bonchev–Trinajstić information content (AvgIpc) is 3.26. The zero-order chi connectivity index (χ0) is 23.8. The number of hydrogen-bond acceptors (Lipinski definition) is 4. The highest BCUT2D eigenvalue weighted by Crippen LogP contribution is 2.43. The lowest BCUT2D eigenvalue weighted by atomic mass is 9.73. The Morgan fingerprint density at radius 3 is 2.56 bits per heavy atom. The highest BCUT2D eigenvalue weighted by Gasteiger charge is 2.29. The summed E-state index contributed by atoms with van der Waals surface area (Å²) in [5, 5.41) is 0.933. The lowest BCUT2D eigenvalue weighted by molar-refractivity contribution is 0.0378. The van der Waals surface area contributed by atoms with Gasteiger partial charge in [0.05, 0.1) is 28.2 Å². The number of imidazole rings is 1. The zero-order valence-electron chi connectivity index (χ0n) is 19.8. The summed E-state index contributed by atoms with van der Waals surface area (Å²) in [5.74, 6) is 1.65. The van der Waals surface area contributed by atoms with Crippen LogP contribution in [-0.4, -0.2) is 27.0 Å². The summed E-state index contributed by atoms with van der Waals surface area (Å²) >= 11 is 0. The van der Waals surface area contributed by atoms with E-state index in [1.165, 1.54) is 11.6 Å². The standard InChI is InChI=1S/C28H30FN3O2/c1-16(2)34-28(33)20-8-10-25-26(14-20)32-27(31-25)17(3)18-4-6-19(7-5-18)22-12-13-30-24-11-9-21(29)15-23(22)24/h8-19H,4-7H2,1-3H3,(H,31,32)/t17?,18-,19+. The minimum absolute atomic E-state index is 0.153. The second-order valence-corrected chi connectivity index (χ2v) is 9.77. The number of pyridine rings is 1. The number of carbonyl (C=O) groups is 1. The van der Waals surface area contributed by atoms with E-state index >= 15 is 0 Å². The van der Waals surface area contributed by atoms with Gasteiger partial charge in [0, 0.05) is 17.5 Å². The monoisotopic (exact) mass is 459 g/mol. The molecule has 2 heterocycles. The average molecular weight is 460 g/mol. The topological polar surface area (TPSA) is 67.9 Å². The van der Waals surface area contributed by atoms with E-state index in [-0.39, 0.29) is 23.8 Å². The van der Waals surface area contributed by atoms with Crippen molar-refractivity contribution >= 4 is 27.9 Å². The van der Waals surface area contributed by atoms with Gasteiger partial charge < -0.3 is 9.72 Å². The third kappa shape index (κ3) is 4.41. The molecule has 1 saturated carbocycles. The van der Waals surface area contributed by atoms with Crippen molar-refractivity contribution in [3.05, 3.63) is 71.4 Å². The van der Waals surface area contributed by atoms with E-state index in [9.17, 15) is 9.18 Å². The van der Waals surface area contributed by atoms with Crippen LogP contribution in [0.4, 0.5) is 4.39 Å². The van der Waals surface area contributed by atoms with Crippen LogP contribution in [0.3, 0.4) is 0 Å². The van der Waals surface area contributed by atoms with Crippen LogP contribution in [0.5, 0.6) is 0 Å². The highest BCUT2D eigenvalue weighted by molar-refractivity contribution is 5.93. The molecule has 0 amide bonds. The van der Waals surface area contributed by atoms with Crippen molar-refractivity contribution in [3.63, 3.8) is 0 Å². The predicted octanol–water partition coefficient (Wildman–Crippen LogP) is 6.89. The van der Waals surface area contributed by atoms with Gasteiger partial charge >= 0.3 is 5.97 Å². The van der Waals surface area contributed by atoms with Crippen LogP contribution in [0.2, 0.25) is 0 Å². The number of fused-ring (bicyclic) bond motifs is 2. The minimum Gasteiger partial charge on any atom is -0.459 e. The molecule has 4 aromatic rings. The fraction of sp³-hybridized carbons (Fsp3) is 0.393. The third-order valence-corrected chi connectivity index (χ3v) is 7.17. The number of H-pyrrole nitrogens is 1. The summed E-state index contributed by atoms with van der Waals surface area (Å²) in [7, 11) is 0. The van der Waals surface area contributed by atoms with Gasteiger partial charge in [-0.25, -0.2) is 14.2 Å². The van der Waals surface area contributed by atoms with Crippen molar-refractivity contribution in [2.24, 2.45) is 5.92 Å². The molecule has 0 saturated heterocycles. The molecule has 2 aromatic carbocycles. The van der Waals surface area contributed by atoms with Gasteiger partial charge in [-0.15, -0.1) is 0 Å². The quantitative estimate of drug-likeness (QED) is 0.330. The van der Waals surface area contributed by atoms with E-state index in [4.69, 9.17) is 9.72 Å². The first-order valence-corrected chi connectivity index (χ1v) is 12.1. The number of benzene rings is 2. The number of esters is 1. The van der Waals surface area contributed by atoms with Gasteiger partial charge in [-0.1, -0.05) is 6.92 Å². The second kappa shape index (κ2) is 9.16. The number of hydrogen-bond donors (Lipinski definition) is 1. The molecule has 5 nitrogen and oxygen atoms in total. The number of nitrogens with zero attached hydrogens (tertiary/aromatic N) is 2. The Morgan fingerprint density at radius 2 is 1.79 bits per heavy atom. The molecule has 0 radical (unpaired) electrons. The summed E-state index contributed by atoms with van der Waals surface area (Å²) in [5.41, 5.74) is 4.32. The van der Waals surface area contributed by atoms with Crippen LogP contribution >= 0.6 is 0 Å². The summed E-state index contributed by atoms with van der Waals surface area (Å²) in [6, 6.07) is 12.4. The number of rotatable bonds is 5. The van der Waals surface area contributed by atoms with Gasteiger partial charge in [-0.3, -0.25) is 4.98 Å². The highest BCUT2D eigenvalue weighted by atomic mass is 19.1. The molecule has 0 spiro atoms. The SMILES string of the molecule is CC(C)OC(=O)c1ccc2nc(C(C)[C@H]3CC[C@@H](c4ccnc5ccc(F)cc54)CC3)[nH]c2c1. The van der Waals surface area contributed by atoms with Gasteiger partial charge in [0.25, 0.3) is 0 Å². The van der Waals surface area contributed by atoms with Gasteiger partial charge in [-0.05, 0) is 99.4 Å². The Bertz CT molecular complexity index is 1340. The number of halogens is 1. The normalized spacial score (nSPS) is 19.6. The molecule has 1 atom stereocenters. The Morgan fingerprint density at radius 1 is 1.03 bits per heavy atom. The predicted molar refractivity (Wildman–Crippen MR) is 131 cm³/mol. The Kier molecular flexibility index (Phi) is 6.07. The first-order chi connectivity index (χ1) is 16.4. The Balaban J connectivity index is 1.30. The van der Waals surface area contributed by atoms with E-state index in [1.807, 2.05) is 32.2 Å². The molecule has 1 fully saturated rings. The number of ether oxygens (including phenoxy) is 1. The molecule has 1 N–H and O–H groups in total. The smallest absolute Gasteiger partial charge is 0.338 e. The molecule has 0 aliphatic heterocycles. The minimum atomic E-state index is -0.317. The molecule has 0 bridgehead atoms. The molecule has 176 valence electrons. The number of nitrogens with one attached hydrogen (secondary N) is 1. The molecule has 2 aromatic heterocycles.